The van der Waals surface area contributed by atoms with E-state index in [4.69, 9.17) is 5.73 Å². The molecule has 0 atom stereocenters. The van der Waals surface area contributed by atoms with Crippen LogP contribution >= 0.6 is 23.1 Å². The third-order valence-electron chi connectivity index (χ3n) is 2.74. The number of nitrogen functional groups attached to an aromatic ring is 1. The van der Waals surface area contributed by atoms with Crippen molar-refractivity contribution in [1.82, 2.24) is 9.97 Å². The Kier molecular flexibility index (Phi) is 3.66. The van der Waals surface area contributed by atoms with E-state index in [9.17, 15) is 0 Å². The van der Waals surface area contributed by atoms with Crippen LogP contribution in [0.25, 0.3) is 10.2 Å². The van der Waals surface area contributed by atoms with Crippen LogP contribution in [0.3, 0.4) is 0 Å². The van der Waals surface area contributed by atoms with Gasteiger partial charge in [0.05, 0.1) is 11.1 Å². The van der Waals surface area contributed by atoms with Gasteiger partial charge >= 0.3 is 0 Å². The zero-order chi connectivity index (χ0) is 13.1. The fourth-order valence-corrected chi connectivity index (χ4v) is 3.46. The molecule has 2 N–H and O–H groups in total. The van der Waals surface area contributed by atoms with Gasteiger partial charge in [-0.05, 0) is 17.0 Å². The van der Waals surface area contributed by atoms with E-state index in [0.29, 0.717) is 5.82 Å². The van der Waals surface area contributed by atoms with Crippen LogP contribution in [-0.2, 0) is 11.5 Å². The van der Waals surface area contributed by atoms with Crippen LogP contribution in [0.4, 0.5) is 5.82 Å². The second-order valence-corrected chi connectivity index (χ2v) is 6.02. The SMILES string of the molecule is Nc1nc(CSCc2ccccc2)nc2sccc12. The highest BCUT2D eigenvalue weighted by molar-refractivity contribution is 7.97. The summed E-state index contributed by atoms with van der Waals surface area (Å²) in [6.07, 6.45) is 0. The number of rotatable bonds is 4. The summed E-state index contributed by atoms with van der Waals surface area (Å²) < 4.78 is 0. The van der Waals surface area contributed by atoms with E-state index >= 15 is 0 Å². The van der Waals surface area contributed by atoms with Crippen molar-refractivity contribution < 1.29 is 0 Å². The van der Waals surface area contributed by atoms with Gasteiger partial charge in [-0.25, -0.2) is 9.97 Å². The molecule has 0 spiro atoms. The van der Waals surface area contributed by atoms with E-state index < -0.39 is 0 Å². The van der Waals surface area contributed by atoms with Crippen molar-refractivity contribution in [2.75, 3.05) is 5.73 Å². The predicted molar refractivity (Wildman–Crippen MR) is 83.3 cm³/mol. The number of nitrogens with zero attached hydrogens (tertiary/aromatic N) is 2. The quantitative estimate of drug-likeness (QED) is 0.795. The lowest BCUT2D eigenvalue weighted by molar-refractivity contribution is 1.08. The molecule has 2 aromatic heterocycles. The van der Waals surface area contributed by atoms with Crippen LogP contribution in [0.1, 0.15) is 11.4 Å². The minimum Gasteiger partial charge on any atom is -0.383 e. The van der Waals surface area contributed by atoms with Gasteiger partial charge in [0.1, 0.15) is 16.5 Å². The molecule has 0 aliphatic heterocycles. The molecule has 2 heterocycles. The fraction of sp³-hybridized carbons (Fsp3) is 0.143. The lowest BCUT2D eigenvalue weighted by atomic mass is 10.2. The summed E-state index contributed by atoms with van der Waals surface area (Å²) >= 11 is 3.41. The molecule has 3 rings (SSSR count). The highest BCUT2D eigenvalue weighted by atomic mass is 32.2. The van der Waals surface area contributed by atoms with Crippen LogP contribution in [0.15, 0.2) is 41.8 Å². The number of thioether (sulfide) groups is 1. The van der Waals surface area contributed by atoms with E-state index in [1.807, 2.05) is 17.5 Å². The van der Waals surface area contributed by atoms with E-state index in [0.717, 1.165) is 27.5 Å². The minimum absolute atomic E-state index is 0.585. The number of anilines is 1. The first-order valence-corrected chi connectivity index (χ1v) is 7.97. The molecular weight excluding hydrogens is 274 g/mol. The first kappa shape index (κ1) is 12.4. The Morgan fingerprint density at radius 1 is 1.05 bits per heavy atom. The molecule has 0 amide bonds. The van der Waals surface area contributed by atoms with Crippen molar-refractivity contribution in [3.8, 4) is 0 Å². The maximum Gasteiger partial charge on any atom is 0.142 e. The first-order chi connectivity index (χ1) is 9.33. The molecule has 3 aromatic rings. The van der Waals surface area contributed by atoms with Crippen molar-refractivity contribution in [2.24, 2.45) is 0 Å². The molecule has 1 aromatic carbocycles. The van der Waals surface area contributed by atoms with Crippen molar-refractivity contribution in [3.05, 3.63) is 53.2 Å². The monoisotopic (exact) mass is 287 g/mol. The van der Waals surface area contributed by atoms with Crippen LogP contribution in [0.2, 0.25) is 0 Å². The first-order valence-electron chi connectivity index (χ1n) is 5.94. The molecule has 0 radical (unpaired) electrons. The van der Waals surface area contributed by atoms with Gasteiger partial charge in [-0.15, -0.1) is 23.1 Å². The van der Waals surface area contributed by atoms with Crippen molar-refractivity contribution in [1.29, 1.82) is 0 Å². The van der Waals surface area contributed by atoms with Gasteiger partial charge < -0.3 is 5.73 Å². The molecular formula is C14H13N3S2. The summed E-state index contributed by atoms with van der Waals surface area (Å²) in [4.78, 5) is 9.87. The zero-order valence-corrected chi connectivity index (χ0v) is 11.9. The summed E-state index contributed by atoms with van der Waals surface area (Å²) in [6, 6.07) is 12.4. The van der Waals surface area contributed by atoms with E-state index in [1.54, 1.807) is 23.1 Å². The maximum absolute atomic E-state index is 5.93. The smallest absolute Gasteiger partial charge is 0.142 e. The topological polar surface area (TPSA) is 51.8 Å². The summed E-state index contributed by atoms with van der Waals surface area (Å²) in [5.74, 6) is 3.15. The lowest BCUT2D eigenvalue weighted by Gasteiger charge is -2.03. The molecule has 19 heavy (non-hydrogen) atoms. The molecule has 5 heteroatoms. The van der Waals surface area contributed by atoms with Crippen LogP contribution in [0.5, 0.6) is 0 Å². The van der Waals surface area contributed by atoms with Gasteiger partial charge in [-0.2, -0.15) is 0 Å². The molecule has 3 nitrogen and oxygen atoms in total. The van der Waals surface area contributed by atoms with Crippen LogP contribution < -0.4 is 5.73 Å². The molecule has 96 valence electrons. The molecule has 0 unspecified atom stereocenters. The number of aromatic nitrogens is 2. The maximum atomic E-state index is 5.93. The Bertz CT molecular complexity index is 679. The second kappa shape index (κ2) is 5.59. The number of hydrogen-bond acceptors (Lipinski definition) is 5. The number of fused-ring (bicyclic) bond motifs is 1. The summed E-state index contributed by atoms with van der Waals surface area (Å²) in [6.45, 7) is 0. The average Bonchev–Trinajstić information content (AvgIpc) is 2.89. The van der Waals surface area contributed by atoms with Crippen molar-refractivity contribution in [3.63, 3.8) is 0 Å². The van der Waals surface area contributed by atoms with Gasteiger partial charge in [0.15, 0.2) is 0 Å². The number of hydrogen-bond donors (Lipinski definition) is 1. The third-order valence-corrected chi connectivity index (χ3v) is 4.55. The predicted octanol–water partition coefficient (Wildman–Crippen LogP) is 3.71. The fourth-order valence-electron chi connectivity index (χ4n) is 1.82. The van der Waals surface area contributed by atoms with Crippen LogP contribution in [0, 0.1) is 0 Å². The number of nitrogens with two attached hydrogens (primary N) is 1. The van der Waals surface area contributed by atoms with Crippen molar-refractivity contribution in [2.45, 2.75) is 11.5 Å². The Balaban J connectivity index is 1.68. The van der Waals surface area contributed by atoms with Crippen molar-refractivity contribution >= 4 is 39.1 Å². The normalized spacial score (nSPS) is 10.9. The molecule has 0 saturated carbocycles. The summed E-state index contributed by atoms with van der Waals surface area (Å²) in [5, 5.41) is 2.96. The summed E-state index contributed by atoms with van der Waals surface area (Å²) in [5.41, 5.74) is 7.25. The molecule has 0 bridgehead atoms. The Morgan fingerprint density at radius 3 is 2.74 bits per heavy atom. The van der Waals surface area contributed by atoms with E-state index in [1.165, 1.54) is 5.56 Å². The Labute approximate surface area is 119 Å². The largest absolute Gasteiger partial charge is 0.383 e. The molecule has 0 fully saturated rings. The molecule has 0 aliphatic carbocycles. The number of benzene rings is 1. The van der Waals surface area contributed by atoms with Gasteiger partial charge in [-0.3, -0.25) is 0 Å². The number of thiophene rings is 1. The highest BCUT2D eigenvalue weighted by Crippen LogP contribution is 2.24. The minimum atomic E-state index is 0.585. The second-order valence-electron chi connectivity index (χ2n) is 4.14. The van der Waals surface area contributed by atoms with Gasteiger partial charge in [0.2, 0.25) is 0 Å². The lowest BCUT2D eigenvalue weighted by Crippen LogP contribution is -1.98. The molecule has 0 saturated heterocycles. The standard InChI is InChI=1S/C14H13N3S2/c15-13-11-6-7-19-14(11)17-12(16-13)9-18-8-10-4-2-1-3-5-10/h1-7H,8-9H2,(H2,15,16,17). The highest BCUT2D eigenvalue weighted by Gasteiger charge is 2.06. The van der Waals surface area contributed by atoms with Gasteiger partial charge in [-0.1, -0.05) is 30.3 Å². The summed E-state index contributed by atoms with van der Waals surface area (Å²) in [7, 11) is 0. The van der Waals surface area contributed by atoms with Gasteiger partial charge in [0.25, 0.3) is 0 Å². The molecule has 0 aliphatic rings. The average molecular weight is 287 g/mol. The van der Waals surface area contributed by atoms with Crippen LogP contribution in [-0.4, -0.2) is 9.97 Å². The third kappa shape index (κ3) is 2.88. The van der Waals surface area contributed by atoms with E-state index in [2.05, 4.69) is 34.2 Å². The van der Waals surface area contributed by atoms with E-state index in [-0.39, 0.29) is 0 Å². The van der Waals surface area contributed by atoms with Gasteiger partial charge in [0, 0.05) is 5.75 Å². The Morgan fingerprint density at radius 2 is 1.89 bits per heavy atom. The Hall–Kier alpha value is -1.59. The zero-order valence-electron chi connectivity index (χ0n) is 10.2.